The van der Waals surface area contributed by atoms with Crippen LogP contribution in [0.2, 0.25) is 0 Å². The molecule has 0 rings (SSSR count). The van der Waals surface area contributed by atoms with Crippen LogP contribution in [0.4, 0.5) is 0 Å². The van der Waals surface area contributed by atoms with E-state index in [0.29, 0.717) is 0 Å². The van der Waals surface area contributed by atoms with Gasteiger partial charge in [0, 0.05) is 11.9 Å². The molecule has 0 amide bonds. The minimum Gasteiger partial charge on any atom is -0.249 e. The molecule has 0 fully saturated rings. The predicted octanol–water partition coefficient (Wildman–Crippen LogP) is 2.42. The topological polar surface area (TPSA) is 24.7 Å². The first kappa shape index (κ1) is 9.08. The molecule has 0 aliphatic heterocycles. The summed E-state index contributed by atoms with van der Waals surface area (Å²) in [5.74, 6) is 0. The third-order valence-electron chi connectivity index (χ3n) is 1.00. The summed E-state index contributed by atoms with van der Waals surface area (Å²) in [4.78, 5) is 7.86. The average Bonchev–Trinajstić information content (AvgIpc) is 1.98. The van der Waals surface area contributed by atoms with Gasteiger partial charge in [0.05, 0.1) is 0 Å². The first-order valence-electron chi connectivity index (χ1n) is 3.53. The number of aliphatic imine (C=N–C) groups is 2. The Morgan fingerprint density at radius 3 is 2.70 bits per heavy atom. The van der Waals surface area contributed by atoms with E-state index in [-0.39, 0.29) is 0 Å². The van der Waals surface area contributed by atoms with Crippen LogP contribution in [-0.2, 0) is 0 Å². The molecule has 0 spiro atoms. The van der Waals surface area contributed by atoms with Gasteiger partial charge >= 0.3 is 0 Å². The lowest BCUT2D eigenvalue weighted by Gasteiger charge is -1.86. The summed E-state index contributed by atoms with van der Waals surface area (Å²) in [5, 5.41) is 0. The normalized spacial score (nSPS) is 11.4. The quantitative estimate of drug-likeness (QED) is 0.421. The van der Waals surface area contributed by atoms with Crippen LogP contribution in [0.25, 0.3) is 0 Å². The van der Waals surface area contributed by atoms with Crippen LogP contribution in [-0.4, -0.2) is 12.6 Å². The van der Waals surface area contributed by atoms with Gasteiger partial charge in [-0.05, 0) is 12.8 Å². The molecule has 0 aliphatic rings. The Labute approximate surface area is 62.4 Å². The molecule has 0 heterocycles. The Kier molecular flexibility index (Phi) is 5.63. The molecular weight excluding hydrogens is 124 g/mol. The molecule has 10 heavy (non-hydrogen) atoms. The molecule has 0 saturated carbocycles. The molecule has 0 radical (unpaired) electrons. The lowest BCUT2D eigenvalue weighted by Crippen LogP contribution is -1.73. The highest BCUT2D eigenvalue weighted by Crippen LogP contribution is 1.95. The Morgan fingerprint density at radius 2 is 2.20 bits per heavy atom. The van der Waals surface area contributed by atoms with Crippen molar-refractivity contribution in [3.63, 3.8) is 0 Å². The molecule has 0 aromatic rings. The van der Waals surface area contributed by atoms with E-state index in [1.165, 1.54) is 6.34 Å². The lowest BCUT2D eigenvalue weighted by atomic mass is 10.4. The minimum atomic E-state index is 0.869. The molecule has 0 aromatic carbocycles. The predicted molar refractivity (Wildman–Crippen MR) is 46.7 cm³/mol. The summed E-state index contributed by atoms with van der Waals surface area (Å²) >= 11 is 0. The Hall–Kier alpha value is -0.920. The van der Waals surface area contributed by atoms with Gasteiger partial charge in [0.25, 0.3) is 0 Å². The van der Waals surface area contributed by atoms with Gasteiger partial charge in [0.15, 0.2) is 0 Å². The molecule has 2 heteroatoms. The zero-order chi connectivity index (χ0) is 7.82. The summed E-state index contributed by atoms with van der Waals surface area (Å²) in [7, 11) is 0. The van der Waals surface area contributed by atoms with Crippen LogP contribution in [0.1, 0.15) is 26.7 Å². The molecule has 0 saturated heterocycles. The molecule has 0 N–H and O–H groups in total. The fourth-order valence-corrected chi connectivity index (χ4v) is 0.359. The van der Waals surface area contributed by atoms with E-state index in [2.05, 4.69) is 16.6 Å². The highest BCUT2D eigenvalue weighted by atomic mass is 14.8. The number of hydrogen-bond acceptors (Lipinski definition) is 1. The van der Waals surface area contributed by atoms with E-state index in [4.69, 9.17) is 0 Å². The smallest absolute Gasteiger partial charge is 0.115 e. The fourth-order valence-electron chi connectivity index (χ4n) is 0.359. The zero-order valence-electron chi connectivity index (χ0n) is 6.67. The Morgan fingerprint density at radius 1 is 1.50 bits per heavy atom. The second-order valence-corrected chi connectivity index (χ2v) is 1.90. The highest BCUT2D eigenvalue weighted by Gasteiger charge is 1.78. The van der Waals surface area contributed by atoms with E-state index in [1.54, 1.807) is 0 Å². The highest BCUT2D eigenvalue weighted by molar-refractivity contribution is 5.72. The van der Waals surface area contributed by atoms with Gasteiger partial charge in [-0.1, -0.05) is 20.4 Å². The van der Waals surface area contributed by atoms with Crippen LogP contribution < -0.4 is 0 Å². The van der Waals surface area contributed by atoms with E-state index in [1.807, 2.05) is 20.1 Å². The van der Waals surface area contributed by atoms with Crippen LogP contribution in [0.3, 0.4) is 0 Å². The third-order valence-corrected chi connectivity index (χ3v) is 1.00. The molecular formula is C8H14N2. The number of rotatable bonds is 4. The molecule has 2 nitrogen and oxygen atoms in total. The summed E-state index contributed by atoms with van der Waals surface area (Å²) in [6, 6.07) is 0. The van der Waals surface area contributed by atoms with Crippen molar-refractivity contribution in [1.82, 2.24) is 0 Å². The summed E-state index contributed by atoms with van der Waals surface area (Å²) in [6.45, 7) is 7.75. The molecule has 0 atom stereocenters. The van der Waals surface area contributed by atoms with Crippen molar-refractivity contribution in [3.8, 4) is 0 Å². The lowest BCUT2D eigenvalue weighted by molar-refractivity contribution is 1.08. The number of allylic oxidation sites excluding steroid dienone is 1. The van der Waals surface area contributed by atoms with E-state index in [0.717, 1.165) is 18.5 Å². The van der Waals surface area contributed by atoms with E-state index < -0.39 is 0 Å². The summed E-state index contributed by atoms with van der Waals surface area (Å²) < 4.78 is 0. The van der Waals surface area contributed by atoms with Crippen LogP contribution >= 0.6 is 0 Å². The second kappa shape index (κ2) is 6.20. The van der Waals surface area contributed by atoms with Crippen molar-refractivity contribution in [2.45, 2.75) is 26.7 Å². The van der Waals surface area contributed by atoms with Crippen LogP contribution in [0.15, 0.2) is 22.3 Å². The minimum absolute atomic E-state index is 0.869. The summed E-state index contributed by atoms with van der Waals surface area (Å²) in [5.41, 5.74) is 0.869. The second-order valence-electron chi connectivity index (χ2n) is 1.90. The standard InChI is InChI=1S/C8H14N2/c1-4-6-9-7-10-8(3)5-2/h6-7H,3-5H2,1-2H3. The number of hydrogen-bond donors (Lipinski definition) is 0. The Balaban J connectivity index is 3.55. The molecule has 0 unspecified atom stereocenters. The van der Waals surface area contributed by atoms with Crippen molar-refractivity contribution >= 4 is 12.6 Å². The SMILES string of the molecule is C=C(CC)N=CN=CCC. The Bertz CT molecular complexity index is 145. The van der Waals surface area contributed by atoms with Crippen LogP contribution in [0.5, 0.6) is 0 Å². The van der Waals surface area contributed by atoms with Crippen molar-refractivity contribution in [2.24, 2.45) is 9.98 Å². The maximum atomic E-state index is 3.96. The summed E-state index contributed by atoms with van der Waals surface area (Å²) in [6.07, 6.45) is 5.19. The van der Waals surface area contributed by atoms with E-state index in [9.17, 15) is 0 Å². The van der Waals surface area contributed by atoms with Crippen molar-refractivity contribution < 1.29 is 0 Å². The average molecular weight is 138 g/mol. The van der Waals surface area contributed by atoms with Gasteiger partial charge < -0.3 is 0 Å². The largest absolute Gasteiger partial charge is 0.249 e. The van der Waals surface area contributed by atoms with Crippen LogP contribution in [0, 0.1) is 0 Å². The van der Waals surface area contributed by atoms with Gasteiger partial charge in [-0.15, -0.1) is 0 Å². The van der Waals surface area contributed by atoms with Gasteiger partial charge in [-0.2, -0.15) is 0 Å². The van der Waals surface area contributed by atoms with Gasteiger partial charge in [-0.3, -0.25) is 0 Å². The molecule has 56 valence electrons. The third kappa shape index (κ3) is 5.22. The van der Waals surface area contributed by atoms with Gasteiger partial charge in [0.1, 0.15) is 6.34 Å². The van der Waals surface area contributed by atoms with Crippen molar-refractivity contribution in [1.29, 1.82) is 0 Å². The van der Waals surface area contributed by atoms with Gasteiger partial charge in [-0.25, -0.2) is 9.98 Å². The maximum absolute atomic E-state index is 3.96. The first-order valence-corrected chi connectivity index (χ1v) is 3.53. The monoisotopic (exact) mass is 138 g/mol. The molecule has 0 bridgehead atoms. The zero-order valence-corrected chi connectivity index (χ0v) is 6.67. The van der Waals surface area contributed by atoms with Gasteiger partial charge in [0.2, 0.25) is 0 Å². The fraction of sp³-hybridized carbons (Fsp3) is 0.500. The maximum Gasteiger partial charge on any atom is 0.115 e. The molecule has 0 aromatic heterocycles. The first-order chi connectivity index (χ1) is 4.81. The number of nitrogens with zero attached hydrogens (tertiary/aromatic N) is 2. The molecule has 0 aliphatic carbocycles. The van der Waals surface area contributed by atoms with Crippen molar-refractivity contribution in [2.75, 3.05) is 0 Å². The van der Waals surface area contributed by atoms with Crippen molar-refractivity contribution in [3.05, 3.63) is 12.3 Å². The van der Waals surface area contributed by atoms with E-state index >= 15 is 0 Å².